The van der Waals surface area contributed by atoms with Gasteiger partial charge in [-0.2, -0.15) is 0 Å². The first-order valence-electron chi connectivity index (χ1n) is 6.76. The third kappa shape index (κ3) is 3.85. The van der Waals surface area contributed by atoms with Crippen LogP contribution in [0.1, 0.15) is 41.3 Å². The Morgan fingerprint density at radius 1 is 1.37 bits per heavy atom. The largest absolute Gasteiger partial charge is 0.308 e. The van der Waals surface area contributed by atoms with E-state index >= 15 is 0 Å². The Balaban J connectivity index is 2.18. The SMILES string of the molecule is CCCNC(Cc1nc(C)cs1)c1ncccc1C. The lowest BCUT2D eigenvalue weighted by atomic mass is 10.1. The van der Waals surface area contributed by atoms with Crippen molar-refractivity contribution >= 4 is 11.3 Å². The molecule has 4 heteroatoms. The summed E-state index contributed by atoms with van der Waals surface area (Å²) in [6, 6.07) is 4.37. The Bertz CT molecular complexity index is 522. The number of rotatable bonds is 6. The fourth-order valence-corrected chi connectivity index (χ4v) is 2.94. The van der Waals surface area contributed by atoms with Crippen molar-refractivity contribution in [3.05, 3.63) is 45.7 Å². The minimum atomic E-state index is 0.256. The number of thiazole rings is 1. The number of aromatic nitrogens is 2. The fourth-order valence-electron chi connectivity index (χ4n) is 2.12. The molecule has 2 rings (SSSR count). The van der Waals surface area contributed by atoms with Crippen molar-refractivity contribution < 1.29 is 0 Å². The monoisotopic (exact) mass is 275 g/mol. The van der Waals surface area contributed by atoms with Gasteiger partial charge in [0.15, 0.2) is 0 Å². The van der Waals surface area contributed by atoms with E-state index in [1.54, 1.807) is 11.3 Å². The molecule has 0 spiro atoms. The maximum Gasteiger partial charge on any atom is 0.0947 e. The first kappa shape index (κ1) is 14.2. The van der Waals surface area contributed by atoms with Crippen LogP contribution in [0.3, 0.4) is 0 Å². The number of pyridine rings is 1. The molecule has 102 valence electrons. The zero-order valence-corrected chi connectivity index (χ0v) is 12.6. The van der Waals surface area contributed by atoms with Gasteiger partial charge in [-0.3, -0.25) is 4.98 Å². The number of nitrogens with zero attached hydrogens (tertiary/aromatic N) is 2. The van der Waals surface area contributed by atoms with Crippen molar-refractivity contribution in [2.45, 2.75) is 39.7 Å². The Morgan fingerprint density at radius 3 is 2.84 bits per heavy atom. The average Bonchev–Trinajstić information content (AvgIpc) is 2.81. The van der Waals surface area contributed by atoms with Crippen LogP contribution in [0.25, 0.3) is 0 Å². The molecule has 0 aliphatic rings. The molecule has 0 radical (unpaired) electrons. The predicted molar refractivity (Wildman–Crippen MR) is 80.6 cm³/mol. The van der Waals surface area contributed by atoms with Crippen molar-refractivity contribution in [2.24, 2.45) is 0 Å². The first-order valence-corrected chi connectivity index (χ1v) is 7.64. The molecule has 1 unspecified atom stereocenters. The Kier molecular flexibility index (Phi) is 5.05. The van der Waals surface area contributed by atoms with Gasteiger partial charge in [0.1, 0.15) is 0 Å². The van der Waals surface area contributed by atoms with Crippen LogP contribution < -0.4 is 5.32 Å². The molecule has 1 atom stereocenters. The van der Waals surface area contributed by atoms with E-state index in [2.05, 4.69) is 40.6 Å². The Morgan fingerprint density at radius 2 is 2.21 bits per heavy atom. The van der Waals surface area contributed by atoms with Gasteiger partial charge in [0.05, 0.1) is 16.7 Å². The molecule has 0 amide bonds. The molecule has 0 saturated carbocycles. The van der Waals surface area contributed by atoms with E-state index in [0.717, 1.165) is 30.8 Å². The summed E-state index contributed by atoms with van der Waals surface area (Å²) in [5.74, 6) is 0. The lowest BCUT2D eigenvalue weighted by Gasteiger charge is -2.18. The highest BCUT2D eigenvalue weighted by Crippen LogP contribution is 2.21. The predicted octanol–water partition coefficient (Wildman–Crippen LogP) is 3.44. The summed E-state index contributed by atoms with van der Waals surface area (Å²) >= 11 is 1.73. The van der Waals surface area contributed by atoms with Crippen molar-refractivity contribution in [3.8, 4) is 0 Å². The summed E-state index contributed by atoms with van der Waals surface area (Å²) < 4.78 is 0. The van der Waals surface area contributed by atoms with Gasteiger partial charge in [0, 0.05) is 23.7 Å². The van der Waals surface area contributed by atoms with Gasteiger partial charge in [-0.1, -0.05) is 13.0 Å². The molecular formula is C15H21N3S. The Hall–Kier alpha value is -1.26. The van der Waals surface area contributed by atoms with E-state index < -0.39 is 0 Å². The standard InChI is InChI=1S/C15H21N3S/c1-4-7-16-13(9-14-18-12(3)10-19-14)15-11(2)6-5-8-17-15/h5-6,8,10,13,16H,4,7,9H2,1-3H3. The molecule has 0 fully saturated rings. The molecule has 0 saturated heterocycles. The highest BCUT2D eigenvalue weighted by molar-refractivity contribution is 7.09. The molecular weight excluding hydrogens is 254 g/mol. The smallest absolute Gasteiger partial charge is 0.0947 e. The molecule has 0 bridgehead atoms. The summed E-state index contributed by atoms with van der Waals surface area (Å²) in [6.45, 7) is 7.35. The van der Waals surface area contributed by atoms with E-state index in [0.29, 0.717) is 0 Å². The summed E-state index contributed by atoms with van der Waals surface area (Å²) in [5, 5.41) is 6.87. The van der Waals surface area contributed by atoms with Crippen LogP contribution in [0, 0.1) is 13.8 Å². The first-order chi connectivity index (χ1) is 9.20. The minimum absolute atomic E-state index is 0.256. The van der Waals surface area contributed by atoms with Crippen molar-refractivity contribution in [1.82, 2.24) is 15.3 Å². The van der Waals surface area contributed by atoms with Crippen LogP contribution in [0.4, 0.5) is 0 Å². The molecule has 0 aromatic carbocycles. The third-order valence-electron chi connectivity index (χ3n) is 3.07. The van der Waals surface area contributed by atoms with Crippen molar-refractivity contribution in [3.63, 3.8) is 0 Å². The van der Waals surface area contributed by atoms with E-state index in [1.165, 1.54) is 10.6 Å². The van der Waals surface area contributed by atoms with E-state index in [9.17, 15) is 0 Å². The minimum Gasteiger partial charge on any atom is -0.308 e. The summed E-state index contributed by atoms with van der Waals surface area (Å²) in [5.41, 5.74) is 3.49. The summed E-state index contributed by atoms with van der Waals surface area (Å²) in [4.78, 5) is 9.11. The maximum atomic E-state index is 4.56. The van der Waals surface area contributed by atoms with Gasteiger partial charge in [0.2, 0.25) is 0 Å². The third-order valence-corrected chi connectivity index (χ3v) is 4.06. The second-order valence-corrected chi connectivity index (χ2v) is 5.74. The second-order valence-electron chi connectivity index (χ2n) is 4.80. The van der Waals surface area contributed by atoms with Gasteiger partial charge < -0.3 is 5.32 Å². The Labute approximate surface area is 119 Å². The normalized spacial score (nSPS) is 12.6. The molecule has 0 aliphatic carbocycles. The van der Waals surface area contributed by atoms with Crippen molar-refractivity contribution in [1.29, 1.82) is 0 Å². The molecule has 19 heavy (non-hydrogen) atoms. The fraction of sp³-hybridized carbons (Fsp3) is 0.467. The number of nitrogens with one attached hydrogen (secondary N) is 1. The quantitative estimate of drug-likeness (QED) is 0.877. The van der Waals surface area contributed by atoms with Gasteiger partial charge in [-0.05, 0) is 38.4 Å². The molecule has 3 nitrogen and oxygen atoms in total. The number of hydrogen-bond donors (Lipinski definition) is 1. The highest BCUT2D eigenvalue weighted by atomic mass is 32.1. The van der Waals surface area contributed by atoms with Gasteiger partial charge in [0.25, 0.3) is 0 Å². The molecule has 2 heterocycles. The topological polar surface area (TPSA) is 37.8 Å². The van der Waals surface area contributed by atoms with Crippen LogP contribution in [-0.4, -0.2) is 16.5 Å². The van der Waals surface area contributed by atoms with Gasteiger partial charge >= 0.3 is 0 Å². The van der Waals surface area contributed by atoms with Crippen molar-refractivity contribution in [2.75, 3.05) is 6.54 Å². The van der Waals surface area contributed by atoms with Gasteiger partial charge in [-0.25, -0.2) is 4.98 Å². The van der Waals surface area contributed by atoms with E-state index in [1.807, 2.05) is 19.2 Å². The van der Waals surface area contributed by atoms with Crippen LogP contribution in [0.5, 0.6) is 0 Å². The molecule has 0 aliphatic heterocycles. The van der Waals surface area contributed by atoms with E-state index in [4.69, 9.17) is 0 Å². The maximum absolute atomic E-state index is 4.56. The number of aryl methyl sites for hydroxylation is 2. The second kappa shape index (κ2) is 6.78. The van der Waals surface area contributed by atoms with E-state index in [-0.39, 0.29) is 6.04 Å². The lowest BCUT2D eigenvalue weighted by Crippen LogP contribution is -2.25. The average molecular weight is 275 g/mol. The molecule has 2 aromatic rings. The van der Waals surface area contributed by atoms with Crippen LogP contribution >= 0.6 is 11.3 Å². The van der Waals surface area contributed by atoms with Gasteiger partial charge in [-0.15, -0.1) is 11.3 Å². The zero-order valence-electron chi connectivity index (χ0n) is 11.8. The van der Waals surface area contributed by atoms with Crippen LogP contribution in [0.2, 0.25) is 0 Å². The van der Waals surface area contributed by atoms with Crippen LogP contribution in [0.15, 0.2) is 23.7 Å². The lowest BCUT2D eigenvalue weighted by molar-refractivity contribution is 0.514. The summed E-state index contributed by atoms with van der Waals surface area (Å²) in [6.07, 6.45) is 3.91. The number of hydrogen-bond acceptors (Lipinski definition) is 4. The summed E-state index contributed by atoms with van der Waals surface area (Å²) in [7, 11) is 0. The zero-order chi connectivity index (χ0) is 13.7. The molecule has 2 aromatic heterocycles. The highest BCUT2D eigenvalue weighted by Gasteiger charge is 2.16. The molecule has 1 N–H and O–H groups in total. The van der Waals surface area contributed by atoms with Crippen LogP contribution in [-0.2, 0) is 6.42 Å².